The molecule has 2 aromatic carbocycles. The molecule has 0 unspecified atom stereocenters. The summed E-state index contributed by atoms with van der Waals surface area (Å²) >= 11 is 1.34. The van der Waals surface area contributed by atoms with Gasteiger partial charge >= 0.3 is 0 Å². The molecule has 1 aliphatic rings. The third kappa shape index (κ3) is 3.57. The molecule has 5 nitrogen and oxygen atoms in total. The van der Waals surface area contributed by atoms with Gasteiger partial charge in [0.15, 0.2) is 5.17 Å². The van der Waals surface area contributed by atoms with Gasteiger partial charge in [0.05, 0.1) is 22.0 Å². The van der Waals surface area contributed by atoms with Crippen molar-refractivity contribution in [3.63, 3.8) is 0 Å². The second-order valence-electron chi connectivity index (χ2n) is 6.15. The highest BCUT2D eigenvalue weighted by atomic mass is 32.2. The number of thioether (sulfide) groups is 1. The predicted molar refractivity (Wildman–Crippen MR) is 110 cm³/mol. The molecule has 1 saturated heterocycles. The van der Waals surface area contributed by atoms with E-state index in [1.165, 1.54) is 11.8 Å². The lowest BCUT2D eigenvalue weighted by Gasteiger charge is -2.03. The topological polar surface area (TPSA) is 59.3 Å². The van der Waals surface area contributed by atoms with E-state index in [1.54, 1.807) is 0 Å². The summed E-state index contributed by atoms with van der Waals surface area (Å²) in [5.74, 6) is -0.138. The van der Waals surface area contributed by atoms with E-state index in [0.29, 0.717) is 10.1 Å². The third-order valence-corrected chi connectivity index (χ3v) is 5.17. The minimum atomic E-state index is -0.138. The van der Waals surface area contributed by atoms with Crippen LogP contribution in [0.4, 0.5) is 5.69 Å². The van der Waals surface area contributed by atoms with Crippen LogP contribution in [-0.4, -0.2) is 20.9 Å². The molecule has 0 spiro atoms. The Morgan fingerprint density at radius 1 is 1.04 bits per heavy atom. The van der Waals surface area contributed by atoms with E-state index in [2.05, 4.69) is 15.4 Å². The minimum Gasteiger partial charge on any atom is -0.300 e. The van der Waals surface area contributed by atoms with Gasteiger partial charge < -0.3 is 5.32 Å². The number of aryl methyl sites for hydroxylation is 1. The lowest BCUT2D eigenvalue weighted by atomic mass is 10.2. The average Bonchev–Trinajstić information content (AvgIpc) is 3.17. The van der Waals surface area contributed by atoms with Gasteiger partial charge in [0, 0.05) is 11.3 Å². The van der Waals surface area contributed by atoms with Crippen LogP contribution in [0.25, 0.3) is 11.8 Å². The minimum absolute atomic E-state index is 0.138. The third-order valence-electron chi connectivity index (χ3n) is 4.26. The van der Waals surface area contributed by atoms with Gasteiger partial charge in [-0.2, -0.15) is 5.10 Å². The summed E-state index contributed by atoms with van der Waals surface area (Å²) in [5, 5.41) is 8.05. The number of benzene rings is 2. The van der Waals surface area contributed by atoms with Crippen molar-refractivity contribution in [2.24, 2.45) is 4.99 Å². The molecule has 1 aromatic heterocycles. The van der Waals surface area contributed by atoms with E-state index >= 15 is 0 Å². The van der Waals surface area contributed by atoms with E-state index < -0.39 is 0 Å². The zero-order valence-corrected chi connectivity index (χ0v) is 15.8. The van der Waals surface area contributed by atoms with Crippen molar-refractivity contribution in [2.75, 3.05) is 0 Å². The zero-order chi connectivity index (χ0) is 18.8. The fourth-order valence-corrected chi connectivity index (χ4v) is 3.74. The molecule has 134 valence electrons. The molecule has 27 heavy (non-hydrogen) atoms. The van der Waals surface area contributed by atoms with Crippen molar-refractivity contribution in [1.82, 2.24) is 15.1 Å². The molecule has 2 heterocycles. The Balaban J connectivity index is 1.65. The number of amides is 1. The Morgan fingerprint density at radius 3 is 2.41 bits per heavy atom. The second kappa shape index (κ2) is 7.25. The van der Waals surface area contributed by atoms with E-state index in [1.807, 2.05) is 85.3 Å². The summed E-state index contributed by atoms with van der Waals surface area (Å²) < 4.78 is 1.90. The molecule has 0 radical (unpaired) electrons. The number of carbonyl (C=O) groups excluding carboxylic acids is 1. The van der Waals surface area contributed by atoms with Crippen LogP contribution in [0, 0.1) is 13.8 Å². The maximum absolute atomic E-state index is 12.4. The van der Waals surface area contributed by atoms with Gasteiger partial charge in [-0.3, -0.25) is 4.79 Å². The molecule has 6 heteroatoms. The smallest absolute Gasteiger partial charge is 0.264 e. The number of nitrogens with one attached hydrogen (secondary N) is 1. The lowest BCUT2D eigenvalue weighted by molar-refractivity contribution is -0.115. The van der Waals surface area contributed by atoms with Crippen molar-refractivity contribution in [3.05, 3.63) is 82.5 Å². The summed E-state index contributed by atoms with van der Waals surface area (Å²) in [6, 6.07) is 19.5. The summed E-state index contributed by atoms with van der Waals surface area (Å²) in [5.41, 5.74) is 4.64. The SMILES string of the molecule is Cc1nn(-c2ccccc2)c(C)c1/C=C1/SC(=Nc2ccccc2)NC1=O. The molecule has 1 N–H and O–H groups in total. The summed E-state index contributed by atoms with van der Waals surface area (Å²) in [4.78, 5) is 17.5. The Kier molecular flexibility index (Phi) is 4.64. The molecule has 0 bridgehead atoms. The number of hydrogen-bond donors (Lipinski definition) is 1. The average molecular weight is 374 g/mol. The number of aliphatic imine (C=N–C) groups is 1. The summed E-state index contributed by atoms with van der Waals surface area (Å²) in [6.07, 6.45) is 1.89. The Hall–Kier alpha value is -3.12. The highest BCUT2D eigenvalue weighted by Crippen LogP contribution is 2.30. The van der Waals surface area contributed by atoms with Crippen molar-refractivity contribution in [3.8, 4) is 5.69 Å². The molecule has 1 fully saturated rings. The molecule has 0 atom stereocenters. The van der Waals surface area contributed by atoms with Crippen LogP contribution in [0.3, 0.4) is 0 Å². The van der Waals surface area contributed by atoms with Crippen LogP contribution in [0.2, 0.25) is 0 Å². The molecule has 0 saturated carbocycles. The van der Waals surface area contributed by atoms with E-state index in [4.69, 9.17) is 0 Å². The van der Waals surface area contributed by atoms with Gasteiger partial charge in [0.25, 0.3) is 5.91 Å². The Bertz CT molecular complexity index is 1050. The predicted octanol–water partition coefficient (Wildman–Crippen LogP) is 4.38. The van der Waals surface area contributed by atoms with Gasteiger partial charge in [0.2, 0.25) is 0 Å². The number of rotatable bonds is 3. The van der Waals surface area contributed by atoms with Crippen molar-refractivity contribution >= 4 is 34.6 Å². The highest BCUT2D eigenvalue weighted by Gasteiger charge is 2.25. The first-order valence-electron chi connectivity index (χ1n) is 8.58. The van der Waals surface area contributed by atoms with E-state index in [-0.39, 0.29) is 5.91 Å². The number of aromatic nitrogens is 2. The van der Waals surface area contributed by atoms with Crippen LogP contribution in [-0.2, 0) is 4.79 Å². The quantitative estimate of drug-likeness (QED) is 0.692. The molecule has 4 rings (SSSR count). The molecule has 3 aromatic rings. The van der Waals surface area contributed by atoms with Crippen molar-refractivity contribution < 1.29 is 4.79 Å². The summed E-state index contributed by atoms with van der Waals surface area (Å²) in [7, 11) is 0. The van der Waals surface area contributed by atoms with Crippen LogP contribution in [0.5, 0.6) is 0 Å². The number of para-hydroxylation sites is 2. The van der Waals surface area contributed by atoms with Crippen LogP contribution in [0.1, 0.15) is 17.0 Å². The van der Waals surface area contributed by atoms with Gasteiger partial charge in [-0.1, -0.05) is 36.4 Å². The van der Waals surface area contributed by atoms with Gasteiger partial charge in [-0.25, -0.2) is 9.67 Å². The number of amidine groups is 1. The van der Waals surface area contributed by atoms with Gasteiger partial charge in [-0.05, 0) is 56.0 Å². The first kappa shape index (κ1) is 17.3. The fourth-order valence-electron chi connectivity index (χ4n) is 2.92. The standard InChI is InChI=1S/C21H18N4OS/c1-14-18(15(2)25(24-14)17-11-7-4-8-12-17)13-19-20(26)23-21(27-19)22-16-9-5-3-6-10-16/h3-13H,1-2H3,(H,22,23,26)/b19-13+. The Labute approximate surface area is 161 Å². The number of hydrogen-bond acceptors (Lipinski definition) is 4. The van der Waals surface area contributed by atoms with Crippen molar-refractivity contribution in [2.45, 2.75) is 13.8 Å². The molecular weight excluding hydrogens is 356 g/mol. The van der Waals surface area contributed by atoms with Gasteiger partial charge in [0.1, 0.15) is 0 Å². The molecule has 1 aliphatic heterocycles. The largest absolute Gasteiger partial charge is 0.300 e. The normalized spacial score (nSPS) is 16.9. The van der Waals surface area contributed by atoms with Gasteiger partial charge in [-0.15, -0.1) is 0 Å². The van der Waals surface area contributed by atoms with Crippen LogP contribution >= 0.6 is 11.8 Å². The maximum atomic E-state index is 12.4. The molecular formula is C21H18N4OS. The first-order chi connectivity index (χ1) is 13.1. The van der Waals surface area contributed by atoms with E-state index in [0.717, 1.165) is 28.3 Å². The van der Waals surface area contributed by atoms with E-state index in [9.17, 15) is 4.79 Å². The number of nitrogens with zero attached hydrogens (tertiary/aromatic N) is 3. The summed E-state index contributed by atoms with van der Waals surface area (Å²) in [6.45, 7) is 3.96. The highest BCUT2D eigenvalue weighted by molar-refractivity contribution is 8.18. The zero-order valence-electron chi connectivity index (χ0n) is 15.0. The molecule has 0 aliphatic carbocycles. The Morgan fingerprint density at radius 2 is 1.70 bits per heavy atom. The van der Waals surface area contributed by atoms with Crippen molar-refractivity contribution in [1.29, 1.82) is 0 Å². The van der Waals surface area contributed by atoms with Crippen LogP contribution in [0.15, 0.2) is 70.6 Å². The monoisotopic (exact) mass is 374 g/mol. The first-order valence-corrected chi connectivity index (χ1v) is 9.40. The fraction of sp³-hybridized carbons (Fsp3) is 0.0952. The molecule has 1 amide bonds. The second-order valence-corrected chi connectivity index (χ2v) is 7.18. The number of carbonyl (C=O) groups is 1. The maximum Gasteiger partial charge on any atom is 0.264 e. The lowest BCUT2D eigenvalue weighted by Crippen LogP contribution is -2.19. The van der Waals surface area contributed by atoms with Crippen LogP contribution < -0.4 is 5.32 Å².